The predicted octanol–water partition coefficient (Wildman–Crippen LogP) is 4.99. The Labute approximate surface area is 214 Å². The van der Waals surface area contributed by atoms with Gasteiger partial charge in [0.15, 0.2) is 0 Å². The molecule has 3 aliphatic rings. The topological polar surface area (TPSA) is 65.0 Å². The number of hydrogen-bond donors (Lipinski definition) is 3. The molecule has 1 unspecified atom stereocenters. The van der Waals surface area contributed by atoms with Crippen molar-refractivity contribution in [3.63, 3.8) is 0 Å². The summed E-state index contributed by atoms with van der Waals surface area (Å²) in [6, 6.07) is 27.5. The van der Waals surface area contributed by atoms with Gasteiger partial charge in [-0.2, -0.15) is 0 Å². The zero-order valence-corrected chi connectivity index (χ0v) is 21.5. The molecule has 3 fully saturated rings. The van der Waals surface area contributed by atoms with E-state index >= 15 is 0 Å². The van der Waals surface area contributed by atoms with Crippen molar-refractivity contribution in [3.8, 4) is 5.75 Å². The van der Waals surface area contributed by atoms with Gasteiger partial charge in [-0.05, 0) is 74.5 Å². The fraction of sp³-hybridized carbons (Fsp3) is 0.419. The van der Waals surface area contributed by atoms with Crippen molar-refractivity contribution in [2.75, 3.05) is 32.1 Å². The van der Waals surface area contributed by atoms with E-state index in [9.17, 15) is 10.2 Å². The smallest absolute Gasteiger partial charge is 0.141 e. The molecule has 3 aromatic rings. The predicted molar refractivity (Wildman–Crippen MR) is 144 cm³/mol. The summed E-state index contributed by atoms with van der Waals surface area (Å²) < 4.78 is 5.75. The molecule has 2 bridgehead atoms. The van der Waals surface area contributed by atoms with Gasteiger partial charge in [0, 0.05) is 17.5 Å². The lowest BCUT2D eigenvalue weighted by Crippen LogP contribution is -2.70. The van der Waals surface area contributed by atoms with Gasteiger partial charge in [0.1, 0.15) is 11.4 Å². The second-order valence-corrected chi connectivity index (χ2v) is 10.8. The number of piperidine rings is 3. The summed E-state index contributed by atoms with van der Waals surface area (Å²) in [5.41, 5.74) is 2.64. The van der Waals surface area contributed by atoms with E-state index in [2.05, 4.69) is 77.8 Å². The summed E-state index contributed by atoms with van der Waals surface area (Å²) in [7, 11) is 1.68. The largest absolute Gasteiger partial charge is 0.495 e. The molecule has 3 N–H and O–H groups in total. The minimum Gasteiger partial charge on any atom is -0.495 e. The zero-order valence-electron chi connectivity index (χ0n) is 21.5. The van der Waals surface area contributed by atoms with E-state index in [1.807, 2.05) is 18.2 Å². The number of hydrogen-bond acceptors (Lipinski definition) is 5. The average Bonchev–Trinajstić information content (AvgIpc) is 2.92. The molecule has 190 valence electrons. The van der Waals surface area contributed by atoms with Crippen molar-refractivity contribution in [2.45, 2.75) is 49.8 Å². The third-order valence-electron chi connectivity index (χ3n) is 8.61. The van der Waals surface area contributed by atoms with Crippen molar-refractivity contribution in [1.29, 1.82) is 0 Å². The maximum absolute atomic E-state index is 10.8. The van der Waals surface area contributed by atoms with Gasteiger partial charge in [0.2, 0.25) is 0 Å². The lowest BCUT2D eigenvalue weighted by molar-refractivity contribution is -0.0401. The van der Waals surface area contributed by atoms with Crippen LogP contribution in [0, 0.1) is 5.92 Å². The molecule has 5 nitrogen and oxygen atoms in total. The Kier molecular flexibility index (Phi) is 6.82. The molecular weight excluding hydrogens is 448 g/mol. The summed E-state index contributed by atoms with van der Waals surface area (Å²) in [6.45, 7) is 5.89. The highest BCUT2D eigenvalue weighted by Gasteiger charge is 2.55. The number of anilines is 1. The van der Waals surface area contributed by atoms with E-state index in [1.165, 1.54) is 11.1 Å². The van der Waals surface area contributed by atoms with Crippen molar-refractivity contribution in [3.05, 3.63) is 95.6 Å². The van der Waals surface area contributed by atoms with E-state index in [4.69, 9.17) is 4.74 Å². The maximum atomic E-state index is 10.8. The highest BCUT2D eigenvalue weighted by Crippen LogP contribution is 2.51. The number of methoxy groups -OCH3 is 1. The van der Waals surface area contributed by atoms with Crippen LogP contribution in [0.1, 0.15) is 49.3 Å². The van der Waals surface area contributed by atoms with Crippen molar-refractivity contribution in [1.82, 2.24) is 4.90 Å². The first-order valence-electron chi connectivity index (χ1n) is 13.0. The van der Waals surface area contributed by atoms with Crippen LogP contribution in [0.2, 0.25) is 0 Å². The van der Waals surface area contributed by atoms with Crippen molar-refractivity contribution < 1.29 is 14.9 Å². The second-order valence-electron chi connectivity index (χ2n) is 10.8. The molecule has 5 heteroatoms. The summed E-state index contributed by atoms with van der Waals surface area (Å²) in [5, 5.41) is 24.4. The number of nitrogens with one attached hydrogen (secondary N) is 1. The van der Waals surface area contributed by atoms with Crippen LogP contribution in [0.5, 0.6) is 5.75 Å². The lowest BCUT2D eigenvalue weighted by atomic mass is 9.62. The number of benzene rings is 3. The molecule has 3 heterocycles. The third kappa shape index (κ3) is 4.30. The van der Waals surface area contributed by atoms with Gasteiger partial charge < -0.3 is 20.3 Å². The molecule has 0 spiro atoms. The monoisotopic (exact) mass is 486 g/mol. The van der Waals surface area contributed by atoms with Gasteiger partial charge in [-0.1, -0.05) is 66.7 Å². The Morgan fingerprint density at radius 2 is 1.58 bits per heavy atom. The van der Waals surface area contributed by atoms with Crippen LogP contribution in [0.25, 0.3) is 0 Å². The molecule has 0 saturated carbocycles. The molecule has 0 amide bonds. The zero-order chi connectivity index (χ0) is 25.3. The maximum Gasteiger partial charge on any atom is 0.141 e. The highest BCUT2D eigenvalue weighted by atomic mass is 16.5. The number of aliphatic hydroxyl groups is 2. The molecule has 36 heavy (non-hydrogen) atoms. The van der Waals surface area contributed by atoms with E-state index in [0.29, 0.717) is 11.5 Å². The van der Waals surface area contributed by atoms with Crippen LogP contribution in [0.3, 0.4) is 0 Å². The van der Waals surface area contributed by atoms with Crippen LogP contribution in [-0.4, -0.2) is 53.5 Å². The molecule has 3 aromatic carbocycles. The molecule has 3 aliphatic heterocycles. The van der Waals surface area contributed by atoms with Crippen LogP contribution in [0.15, 0.2) is 78.9 Å². The van der Waals surface area contributed by atoms with Gasteiger partial charge in [0.25, 0.3) is 0 Å². The Morgan fingerprint density at radius 1 is 1.00 bits per heavy atom. The van der Waals surface area contributed by atoms with E-state index in [0.717, 1.165) is 37.4 Å². The standard InChI is InChI=1S/C31H38N2O3/c1-30(35,21-34)25-14-15-27(36-3)26(20-25)32-29-24-16-18-33(19-17-24)31(29,2)28(22-10-6-4-7-11-22)23-12-8-5-9-13-23/h4-15,20,24,28-29,32,34-35H,16-19,21H2,1-3H3/t29-,30?,31-/m0/s1. The molecule has 3 saturated heterocycles. The van der Waals surface area contributed by atoms with Gasteiger partial charge >= 0.3 is 0 Å². The minimum atomic E-state index is -1.32. The number of ether oxygens (including phenoxy) is 1. The van der Waals surface area contributed by atoms with E-state index < -0.39 is 5.60 Å². The van der Waals surface area contributed by atoms with Crippen LogP contribution >= 0.6 is 0 Å². The Morgan fingerprint density at radius 3 is 2.11 bits per heavy atom. The van der Waals surface area contributed by atoms with Gasteiger partial charge in [-0.15, -0.1) is 0 Å². The van der Waals surface area contributed by atoms with Crippen LogP contribution in [-0.2, 0) is 5.60 Å². The quantitative estimate of drug-likeness (QED) is 0.419. The van der Waals surface area contributed by atoms with Crippen molar-refractivity contribution in [2.24, 2.45) is 5.92 Å². The fourth-order valence-corrected chi connectivity index (χ4v) is 6.59. The van der Waals surface area contributed by atoms with Crippen molar-refractivity contribution >= 4 is 5.69 Å². The average molecular weight is 487 g/mol. The Hall–Kier alpha value is -2.86. The van der Waals surface area contributed by atoms with Crippen LogP contribution < -0.4 is 10.1 Å². The first kappa shape index (κ1) is 24.8. The van der Waals surface area contributed by atoms with Gasteiger partial charge in [-0.3, -0.25) is 4.90 Å². The number of nitrogens with zero attached hydrogens (tertiary/aromatic N) is 1. The first-order valence-corrected chi connectivity index (χ1v) is 13.0. The molecule has 6 rings (SSSR count). The molecule has 0 radical (unpaired) electrons. The normalized spacial score (nSPS) is 27.0. The summed E-state index contributed by atoms with van der Waals surface area (Å²) in [6.07, 6.45) is 2.31. The van der Waals surface area contributed by atoms with E-state index in [1.54, 1.807) is 14.0 Å². The summed E-state index contributed by atoms with van der Waals surface area (Å²) >= 11 is 0. The highest BCUT2D eigenvalue weighted by molar-refractivity contribution is 5.60. The Bertz CT molecular complexity index is 1120. The number of fused-ring (bicyclic) bond motifs is 3. The minimum absolute atomic E-state index is 0.161. The molecule has 0 aromatic heterocycles. The van der Waals surface area contributed by atoms with E-state index in [-0.39, 0.29) is 24.1 Å². The molecule has 3 atom stereocenters. The first-order chi connectivity index (χ1) is 17.4. The van der Waals surface area contributed by atoms with Gasteiger partial charge in [-0.25, -0.2) is 0 Å². The SMILES string of the molecule is COc1ccc(C(C)(O)CO)cc1N[C@H]1C2CCN(CC2)[C@@]1(C)C(c1ccccc1)c1ccccc1. The Balaban J connectivity index is 1.62. The van der Waals surface area contributed by atoms with Crippen LogP contribution in [0.4, 0.5) is 5.69 Å². The third-order valence-corrected chi connectivity index (χ3v) is 8.61. The fourth-order valence-electron chi connectivity index (χ4n) is 6.59. The molecular formula is C31H38N2O3. The second kappa shape index (κ2) is 9.89. The molecule has 0 aliphatic carbocycles. The number of rotatable bonds is 8. The summed E-state index contributed by atoms with van der Waals surface area (Å²) in [4.78, 5) is 2.68. The van der Waals surface area contributed by atoms with Gasteiger partial charge in [0.05, 0.1) is 19.4 Å². The lowest BCUT2D eigenvalue weighted by Gasteiger charge is -2.61. The summed E-state index contributed by atoms with van der Waals surface area (Å²) in [5.74, 6) is 1.43. The number of aliphatic hydroxyl groups excluding tert-OH is 1.